The van der Waals surface area contributed by atoms with Gasteiger partial charge in [0, 0.05) is 43.7 Å². The minimum absolute atomic E-state index is 0.346. The summed E-state index contributed by atoms with van der Waals surface area (Å²) in [7, 11) is 0. The first-order chi connectivity index (χ1) is 13.0. The van der Waals surface area contributed by atoms with Gasteiger partial charge in [0.05, 0.1) is 11.2 Å². The van der Waals surface area contributed by atoms with Gasteiger partial charge < -0.3 is 10.0 Å². The molecule has 5 heteroatoms. The lowest BCUT2D eigenvalue weighted by Gasteiger charge is -2.36. The zero-order valence-corrected chi connectivity index (χ0v) is 16.5. The molecule has 0 amide bonds. The average Bonchev–Trinajstić information content (AvgIpc) is 2.67. The minimum atomic E-state index is 0.346. The standard InChI is InChI=1S/C22H24ClN3O/c1-15-7-8-17-13-18(22(23)24-21(17)16(15)2)14-25-9-11-26(12-10-25)19-5-3-4-6-20(19)27/h3-8,13,27H,9-12,14H2,1-2H3. The maximum Gasteiger partial charge on any atom is 0.138 e. The van der Waals surface area contributed by atoms with Crippen molar-refractivity contribution in [1.29, 1.82) is 0 Å². The van der Waals surface area contributed by atoms with Crippen LogP contribution in [0.25, 0.3) is 10.9 Å². The predicted molar refractivity (Wildman–Crippen MR) is 112 cm³/mol. The lowest BCUT2D eigenvalue weighted by molar-refractivity contribution is 0.249. The first-order valence-corrected chi connectivity index (χ1v) is 9.71. The Morgan fingerprint density at radius 3 is 2.52 bits per heavy atom. The Hall–Kier alpha value is -2.30. The summed E-state index contributed by atoms with van der Waals surface area (Å²) in [5.41, 5.74) is 5.40. The van der Waals surface area contributed by atoms with Gasteiger partial charge in [-0.05, 0) is 43.2 Å². The van der Waals surface area contributed by atoms with Crippen LogP contribution in [0.2, 0.25) is 5.15 Å². The Morgan fingerprint density at radius 1 is 1.04 bits per heavy atom. The van der Waals surface area contributed by atoms with Crippen LogP contribution in [0.1, 0.15) is 16.7 Å². The second-order valence-electron chi connectivity index (χ2n) is 7.27. The van der Waals surface area contributed by atoms with Crippen LogP contribution in [0.15, 0.2) is 42.5 Å². The predicted octanol–water partition coefficient (Wildman–Crippen LogP) is 4.53. The summed E-state index contributed by atoms with van der Waals surface area (Å²) in [6, 6.07) is 14.0. The van der Waals surface area contributed by atoms with Crippen molar-refractivity contribution in [3.8, 4) is 5.75 Å². The Morgan fingerprint density at radius 2 is 1.78 bits per heavy atom. The molecule has 1 aliphatic heterocycles. The van der Waals surface area contributed by atoms with Crippen molar-refractivity contribution in [2.24, 2.45) is 0 Å². The summed E-state index contributed by atoms with van der Waals surface area (Å²) in [5.74, 6) is 0.346. The first-order valence-electron chi connectivity index (χ1n) is 9.33. The van der Waals surface area contributed by atoms with Gasteiger partial charge in [0.15, 0.2) is 0 Å². The monoisotopic (exact) mass is 381 g/mol. The molecule has 140 valence electrons. The molecular weight excluding hydrogens is 358 g/mol. The molecular formula is C22H24ClN3O. The highest BCUT2D eigenvalue weighted by atomic mass is 35.5. The summed E-state index contributed by atoms with van der Waals surface area (Å²) in [6.07, 6.45) is 0. The van der Waals surface area contributed by atoms with E-state index in [4.69, 9.17) is 11.6 Å². The number of rotatable bonds is 3. The zero-order chi connectivity index (χ0) is 19.0. The van der Waals surface area contributed by atoms with Gasteiger partial charge in [-0.15, -0.1) is 0 Å². The van der Waals surface area contributed by atoms with Crippen LogP contribution >= 0.6 is 11.6 Å². The summed E-state index contributed by atoms with van der Waals surface area (Å²) >= 11 is 6.51. The second kappa shape index (κ2) is 7.37. The Balaban J connectivity index is 1.48. The normalized spacial score (nSPS) is 15.4. The van der Waals surface area contributed by atoms with E-state index in [1.54, 1.807) is 6.07 Å². The van der Waals surface area contributed by atoms with Crippen LogP contribution in [0.4, 0.5) is 5.69 Å². The van der Waals surface area contributed by atoms with E-state index in [0.29, 0.717) is 10.9 Å². The van der Waals surface area contributed by atoms with E-state index < -0.39 is 0 Å². The number of pyridine rings is 1. The topological polar surface area (TPSA) is 39.6 Å². The number of nitrogens with zero attached hydrogens (tertiary/aromatic N) is 3. The van der Waals surface area contributed by atoms with Gasteiger partial charge in [0.25, 0.3) is 0 Å². The van der Waals surface area contributed by atoms with Crippen molar-refractivity contribution in [2.45, 2.75) is 20.4 Å². The van der Waals surface area contributed by atoms with Crippen molar-refractivity contribution in [2.75, 3.05) is 31.1 Å². The van der Waals surface area contributed by atoms with E-state index in [9.17, 15) is 5.11 Å². The number of hydrogen-bond acceptors (Lipinski definition) is 4. The van der Waals surface area contributed by atoms with E-state index in [0.717, 1.165) is 54.9 Å². The molecule has 0 spiro atoms. The molecule has 1 aliphatic rings. The number of aryl methyl sites for hydroxylation is 2. The van der Waals surface area contributed by atoms with Crippen molar-refractivity contribution < 1.29 is 5.11 Å². The lowest BCUT2D eigenvalue weighted by Crippen LogP contribution is -2.46. The van der Waals surface area contributed by atoms with Gasteiger partial charge in [-0.25, -0.2) is 4.98 Å². The molecule has 1 fully saturated rings. The molecule has 2 heterocycles. The number of phenolic OH excluding ortho intramolecular Hbond substituents is 1. The highest BCUT2D eigenvalue weighted by Gasteiger charge is 2.20. The number of para-hydroxylation sites is 2. The van der Waals surface area contributed by atoms with Gasteiger partial charge in [-0.3, -0.25) is 4.90 Å². The fourth-order valence-corrected chi connectivity index (χ4v) is 3.93. The molecule has 27 heavy (non-hydrogen) atoms. The number of phenols is 1. The van der Waals surface area contributed by atoms with Gasteiger partial charge in [0.2, 0.25) is 0 Å². The second-order valence-corrected chi connectivity index (χ2v) is 7.63. The molecule has 4 rings (SSSR count). The van der Waals surface area contributed by atoms with Crippen LogP contribution in [-0.2, 0) is 6.54 Å². The van der Waals surface area contributed by atoms with E-state index in [-0.39, 0.29) is 0 Å². The molecule has 1 saturated heterocycles. The summed E-state index contributed by atoms with van der Waals surface area (Å²) < 4.78 is 0. The highest BCUT2D eigenvalue weighted by Crippen LogP contribution is 2.29. The fourth-order valence-electron chi connectivity index (χ4n) is 3.73. The smallest absolute Gasteiger partial charge is 0.138 e. The Bertz CT molecular complexity index is 981. The number of hydrogen-bond donors (Lipinski definition) is 1. The van der Waals surface area contributed by atoms with Gasteiger partial charge in [-0.1, -0.05) is 35.9 Å². The molecule has 0 bridgehead atoms. The quantitative estimate of drug-likeness (QED) is 0.676. The lowest BCUT2D eigenvalue weighted by atomic mass is 10.0. The van der Waals surface area contributed by atoms with Crippen molar-refractivity contribution in [3.63, 3.8) is 0 Å². The SMILES string of the molecule is Cc1ccc2cc(CN3CCN(c4ccccc4O)CC3)c(Cl)nc2c1C. The number of aromatic hydroxyl groups is 1. The molecule has 0 saturated carbocycles. The summed E-state index contributed by atoms with van der Waals surface area (Å²) in [6.45, 7) is 8.61. The van der Waals surface area contributed by atoms with Crippen LogP contribution in [0.5, 0.6) is 5.75 Å². The van der Waals surface area contributed by atoms with Crippen LogP contribution in [0, 0.1) is 13.8 Å². The fraction of sp³-hybridized carbons (Fsp3) is 0.318. The molecule has 0 radical (unpaired) electrons. The average molecular weight is 382 g/mol. The summed E-state index contributed by atoms with van der Waals surface area (Å²) in [5, 5.41) is 11.8. The van der Waals surface area contributed by atoms with E-state index >= 15 is 0 Å². The van der Waals surface area contributed by atoms with Gasteiger partial charge in [0.1, 0.15) is 10.9 Å². The zero-order valence-electron chi connectivity index (χ0n) is 15.7. The number of anilines is 1. The number of fused-ring (bicyclic) bond motifs is 1. The summed E-state index contributed by atoms with van der Waals surface area (Å²) in [4.78, 5) is 9.30. The van der Waals surface area contributed by atoms with Crippen LogP contribution in [0.3, 0.4) is 0 Å². The van der Waals surface area contributed by atoms with E-state index in [1.807, 2.05) is 18.2 Å². The maximum absolute atomic E-state index is 10.1. The third kappa shape index (κ3) is 3.60. The molecule has 2 aromatic carbocycles. The molecule has 0 atom stereocenters. The van der Waals surface area contributed by atoms with E-state index in [2.05, 4.69) is 46.8 Å². The van der Waals surface area contributed by atoms with Gasteiger partial charge >= 0.3 is 0 Å². The largest absolute Gasteiger partial charge is 0.506 e. The third-order valence-electron chi connectivity index (χ3n) is 5.53. The Labute approximate surface area is 165 Å². The van der Waals surface area contributed by atoms with Gasteiger partial charge in [-0.2, -0.15) is 0 Å². The molecule has 4 nitrogen and oxygen atoms in total. The molecule has 1 aromatic heterocycles. The molecule has 0 unspecified atom stereocenters. The maximum atomic E-state index is 10.1. The Kier molecular flexibility index (Phi) is 4.94. The number of halogens is 1. The number of benzene rings is 2. The molecule has 0 aliphatic carbocycles. The highest BCUT2D eigenvalue weighted by molar-refractivity contribution is 6.30. The first kappa shape index (κ1) is 18.1. The third-order valence-corrected chi connectivity index (χ3v) is 5.85. The molecule has 1 N–H and O–H groups in total. The minimum Gasteiger partial charge on any atom is -0.506 e. The van der Waals surface area contributed by atoms with Crippen LogP contribution < -0.4 is 4.90 Å². The number of piperazine rings is 1. The van der Waals surface area contributed by atoms with Crippen molar-refractivity contribution >= 4 is 28.2 Å². The number of aromatic nitrogens is 1. The van der Waals surface area contributed by atoms with Crippen LogP contribution in [-0.4, -0.2) is 41.2 Å². The van der Waals surface area contributed by atoms with Crippen molar-refractivity contribution in [1.82, 2.24) is 9.88 Å². The molecule has 3 aromatic rings. The van der Waals surface area contributed by atoms with E-state index in [1.165, 1.54) is 11.1 Å². The van der Waals surface area contributed by atoms with Crippen molar-refractivity contribution in [3.05, 3.63) is 64.3 Å².